The lowest BCUT2D eigenvalue weighted by Crippen LogP contribution is -2.26. The number of oxazole rings is 1. The SMILES string of the molecule is Cc1ccccc1Nc1nc(N)nc(COC(=O)[C@H](C)n2c(=O)oc3ccccc32)n1. The molecule has 0 saturated heterocycles. The standard InChI is InChI=1S/C21H20N6O4/c1-12-7-3-4-8-14(12)23-20-25-17(24-19(22)26-20)11-30-18(28)13(2)27-15-9-5-6-10-16(15)31-21(27)29/h3-10,13H,11H2,1-2H3,(H3,22,23,24,25,26)/t13-/m0/s1. The van der Waals surface area contributed by atoms with E-state index in [-0.39, 0.29) is 24.3 Å². The van der Waals surface area contributed by atoms with Crippen molar-refractivity contribution in [2.24, 2.45) is 0 Å². The highest BCUT2D eigenvalue weighted by atomic mass is 16.5. The Bertz CT molecular complexity index is 1310. The van der Waals surface area contributed by atoms with Crippen LogP contribution in [-0.2, 0) is 16.1 Å². The lowest BCUT2D eigenvalue weighted by molar-refractivity contribution is -0.148. The van der Waals surface area contributed by atoms with Gasteiger partial charge in [-0.25, -0.2) is 9.59 Å². The van der Waals surface area contributed by atoms with E-state index in [4.69, 9.17) is 14.9 Å². The molecule has 158 valence electrons. The molecule has 0 spiro atoms. The van der Waals surface area contributed by atoms with Crippen molar-refractivity contribution in [3.05, 3.63) is 70.5 Å². The zero-order chi connectivity index (χ0) is 22.0. The number of carbonyl (C=O) groups is 1. The number of carbonyl (C=O) groups excluding carboxylic acids is 1. The van der Waals surface area contributed by atoms with Crippen LogP contribution in [-0.4, -0.2) is 25.5 Å². The number of nitrogen functional groups attached to an aromatic ring is 1. The van der Waals surface area contributed by atoms with Crippen molar-refractivity contribution in [3.63, 3.8) is 0 Å². The monoisotopic (exact) mass is 420 g/mol. The molecular weight excluding hydrogens is 400 g/mol. The molecule has 0 radical (unpaired) electrons. The molecule has 1 atom stereocenters. The number of fused-ring (bicyclic) bond motifs is 1. The van der Waals surface area contributed by atoms with Crippen molar-refractivity contribution in [2.75, 3.05) is 11.1 Å². The smallest absolute Gasteiger partial charge is 0.420 e. The molecule has 3 N–H and O–H groups in total. The second kappa shape index (κ2) is 8.27. The zero-order valence-electron chi connectivity index (χ0n) is 16.9. The molecule has 0 bridgehead atoms. The molecule has 0 amide bonds. The van der Waals surface area contributed by atoms with Gasteiger partial charge >= 0.3 is 11.7 Å². The topological polar surface area (TPSA) is 138 Å². The molecular formula is C21H20N6O4. The first kappa shape index (κ1) is 20.1. The quantitative estimate of drug-likeness (QED) is 0.451. The van der Waals surface area contributed by atoms with Crippen LogP contribution in [0.1, 0.15) is 24.4 Å². The van der Waals surface area contributed by atoms with Crippen molar-refractivity contribution in [1.29, 1.82) is 0 Å². The number of aromatic nitrogens is 4. The molecule has 2 heterocycles. The number of rotatable bonds is 6. The van der Waals surface area contributed by atoms with Crippen LogP contribution < -0.4 is 16.8 Å². The van der Waals surface area contributed by atoms with E-state index in [0.717, 1.165) is 11.3 Å². The number of esters is 1. The van der Waals surface area contributed by atoms with Crippen molar-refractivity contribution in [3.8, 4) is 0 Å². The Morgan fingerprint density at radius 2 is 1.90 bits per heavy atom. The summed E-state index contributed by atoms with van der Waals surface area (Å²) in [7, 11) is 0. The molecule has 0 aliphatic rings. The number of nitrogens with zero attached hydrogens (tertiary/aromatic N) is 4. The summed E-state index contributed by atoms with van der Waals surface area (Å²) >= 11 is 0. The van der Waals surface area contributed by atoms with Gasteiger partial charge in [0, 0.05) is 5.69 Å². The van der Waals surface area contributed by atoms with Crippen LogP contribution >= 0.6 is 0 Å². The first-order chi connectivity index (χ1) is 14.9. The summed E-state index contributed by atoms with van der Waals surface area (Å²) in [5, 5.41) is 3.07. The summed E-state index contributed by atoms with van der Waals surface area (Å²) < 4.78 is 11.7. The minimum absolute atomic E-state index is 0.0118. The van der Waals surface area contributed by atoms with Crippen molar-refractivity contribution < 1.29 is 13.9 Å². The minimum Gasteiger partial charge on any atom is -0.456 e. The largest absolute Gasteiger partial charge is 0.456 e. The summed E-state index contributed by atoms with van der Waals surface area (Å²) in [5.41, 5.74) is 8.49. The van der Waals surface area contributed by atoms with E-state index >= 15 is 0 Å². The summed E-state index contributed by atoms with van der Waals surface area (Å²) in [6.07, 6.45) is 0. The molecule has 2 aromatic heterocycles. The predicted octanol–water partition coefficient (Wildman–Crippen LogP) is 2.72. The fraction of sp³-hybridized carbons (Fsp3) is 0.190. The maximum atomic E-state index is 12.6. The zero-order valence-corrected chi connectivity index (χ0v) is 16.9. The number of ether oxygens (including phenoxy) is 1. The number of nitrogens with one attached hydrogen (secondary N) is 1. The van der Waals surface area contributed by atoms with E-state index in [1.54, 1.807) is 31.2 Å². The molecule has 4 aromatic rings. The average molecular weight is 420 g/mol. The highest BCUT2D eigenvalue weighted by Crippen LogP contribution is 2.19. The molecule has 4 rings (SSSR count). The van der Waals surface area contributed by atoms with Gasteiger partial charge in [-0.05, 0) is 37.6 Å². The third-order valence-electron chi connectivity index (χ3n) is 4.68. The van der Waals surface area contributed by atoms with Gasteiger partial charge in [-0.2, -0.15) is 15.0 Å². The van der Waals surface area contributed by atoms with Crippen LogP contribution in [0, 0.1) is 6.92 Å². The number of hydrogen-bond donors (Lipinski definition) is 2. The van der Waals surface area contributed by atoms with Crippen LogP contribution in [0.2, 0.25) is 0 Å². The van der Waals surface area contributed by atoms with Gasteiger partial charge in [-0.1, -0.05) is 30.3 Å². The molecule has 0 fully saturated rings. The Kier molecular flexibility index (Phi) is 5.35. The molecule has 2 aromatic carbocycles. The number of para-hydroxylation sites is 3. The molecule has 31 heavy (non-hydrogen) atoms. The van der Waals surface area contributed by atoms with E-state index in [0.29, 0.717) is 11.1 Å². The first-order valence-electron chi connectivity index (χ1n) is 9.52. The molecule has 0 aliphatic heterocycles. The first-order valence-corrected chi connectivity index (χ1v) is 9.52. The van der Waals surface area contributed by atoms with Crippen LogP contribution in [0.25, 0.3) is 11.1 Å². The Morgan fingerprint density at radius 3 is 2.71 bits per heavy atom. The fourth-order valence-corrected chi connectivity index (χ4v) is 3.10. The molecule has 0 unspecified atom stereocenters. The second-order valence-electron chi connectivity index (χ2n) is 6.86. The van der Waals surface area contributed by atoms with E-state index in [1.807, 2.05) is 31.2 Å². The summed E-state index contributed by atoms with van der Waals surface area (Å²) in [5.74, 6) is -0.880. The molecule has 0 aliphatic carbocycles. The molecule has 10 heteroatoms. The normalized spacial score (nSPS) is 11.9. The Morgan fingerprint density at radius 1 is 1.16 bits per heavy atom. The van der Waals surface area contributed by atoms with E-state index < -0.39 is 17.8 Å². The van der Waals surface area contributed by atoms with E-state index in [1.165, 1.54) is 4.57 Å². The fourth-order valence-electron chi connectivity index (χ4n) is 3.10. The van der Waals surface area contributed by atoms with Gasteiger partial charge in [0.1, 0.15) is 6.04 Å². The van der Waals surface area contributed by atoms with Crippen LogP contribution in [0.15, 0.2) is 57.7 Å². The minimum atomic E-state index is -0.903. The van der Waals surface area contributed by atoms with E-state index in [9.17, 15) is 9.59 Å². The lowest BCUT2D eigenvalue weighted by Gasteiger charge is -2.13. The summed E-state index contributed by atoms with van der Waals surface area (Å²) in [6.45, 7) is 3.26. The van der Waals surface area contributed by atoms with Gasteiger partial charge in [-0.15, -0.1) is 0 Å². The Hall–Kier alpha value is -4.21. The van der Waals surface area contributed by atoms with Gasteiger partial charge in [0.15, 0.2) is 18.0 Å². The average Bonchev–Trinajstić information content (AvgIpc) is 3.08. The summed E-state index contributed by atoms with van der Waals surface area (Å²) in [4.78, 5) is 37.1. The number of anilines is 3. The summed E-state index contributed by atoms with van der Waals surface area (Å²) in [6, 6.07) is 13.6. The maximum absolute atomic E-state index is 12.6. The van der Waals surface area contributed by atoms with Crippen LogP contribution in [0.4, 0.5) is 17.6 Å². The van der Waals surface area contributed by atoms with Gasteiger partial charge in [0.2, 0.25) is 11.9 Å². The van der Waals surface area contributed by atoms with Gasteiger partial charge < -0.3 is 20.2 Å². The van der Waals surface area contributed by atoms with E-state index in [2.05, 4.69) is 20.3 Å². The number of nitrogens with two attached hydrogens (primary N) is 1. The van der Waals surface area contributed by atoms with Crippen LogP contribution in [0.3, 0.4) is 0 Å². The second-order valence-corrected chi connectivity index (χ2v) is 6.86. The van der Waals surface area contributed by atoms with Gasteiger partial charge in [0.05, 0.1) is 5.52 Å². The van der Waals surface area contributed by atoms with Crippen molar-refractivity contribution >= 4 is 34.7 Å². The molecule has 10 nitrogen and oxygen atoms in total. The lowest BCUT2D eigenvalue weighted by atomic mass is 10.2. The number of aryl methyl sites for hydroxylation is 1. The predicted molar refractivity (Wildman–Crippen MR) is 114 cm³/mol. The van der Waals surface area contributed by atoms with Gasteiger partial charge in [-0.3, -0.25) is 4.57 Å². The number of hydrogen-bond acceptors (Lipinski definition) is 9. The third-order valence-corrected chi connectivity index (χ3v) is 4.68. The van der Waals surface area contributed by atoms with Crippen molar-refractivity contribution in [1.82, 2.24) is 19.5 Å². The van der Waals surface area contributed by atoms with Crippen LogP contribution in [0.5, 0.6) is 0 Å². The Labute approximate surface area is 176 Å². The van der Waals surface area contributed by atoms with Crippen molar-refractivity contribution in [2.45, 2.75) is 26.5 Å². The highest BCUT2D eigenvalue weighted by Gasteiger charge is 2.23. The molecule has 0 saturated carbocycles. The highest BCUT2D eigenvalue weighted by molar-refractivity contribution is 5.79. The number of benzene rings is 2. The maximum Gasteiger partial charge on any atom is 0.420 e. The van der Waals surface area contributed by atoms with Gasteiger partial charge in [0.25, 0.3) is 0 Å². The Balaban J connectivity index is 1.49. The third kappa shape index (κ3) is 4.22.